The van der Waals surface area contributed by atoms with Crippen molar-refractivity contribution >= 4 is 39.9 Å². The highest BCUT2D eigenvalue weighted by molar-refractivity contribution is 9.10. The number of carbonyl (C=O) groups excluding carboxylic acids is 3. The zero-order valence-electron chi connectivity index (χ0n) is 18.5. The highest BCUT2D eigenvalue weighted by atomic mass is 79.9. The van der Waals surface area contributed by atoms with Gasteiger partial charge in [0.1, 0.15) is 0 Å². The Morgan fingerprint density at radius 3 is 2.47 bits per heavy atom. The Balaban J connectivity index is 1.54. The summed E-state index contributed by atoms with van der Waals surface area (Å²) in [4.78, 5) is 36.4. The van der Waals surface area contributed by atoms with Crippen LogP contribution in [0.15, 0.2) is 76.3 Å². The van der Waals surface area contributed by atoms with Crippen molar-refractivity contribution < 1.29 is 23.9 Å². The number of hydrogen-bond donors (Lipinski definition) is 2. The Bertz CT molecular complexity index is 1240. The molecular formula is C25H22BrN3O5. The van der Waals surface area contributed by atoms with Crippen LogP contribution in [0.5, 0.6) is 11.5 Å². The minimum atomic E-state index is -0.527. The first-order valence-corrected chi connectivity index (χ1v) is 11.0. The van der Waals surface area contributed by atoms with E-state index in [1.807, 2.05) is 19.1 Å². The van der Waals surface area contributed by atoms with E-state index in [1.165, 1.54) is 13.3 Å². The second-order valence-corrected chi connectivity index (χ2v) is 8.07. The van der Waals surface area contributed by atoms with E-state index < -0.39 is 11.9 Å². The first-order valence-electron chi connectivity index (χ1n) is 10.2. The molecule has 174 valence electrons. The van der Waals surface area contributed by atoms with Crippen LogP contribution in [0.1, 0.15) is 31.8 Å². The molecule has 0 aliphatic rings. The number of amides is 2. The van der Waals surface area contributed by atoms with Crippen LogP contribution in [-0.2, 0) is 4.79 Å². The molecule has 0 aliphatic heterocycles. The van der Waals surface area contributed by atoms with E-state index in [1.54, 1.807) is 54.6 Å². The van der Waals surface area contributed by atoms with Crippen LogP contribution >= 0.6 is 15.9 Å². The van der Waals surface area contributed by atoms with Gasteiger partial charge in [0.05, 0.1) is 25.4 Å². The maximum Gasteiger partial charge on any atom is 0.343 e. The molecule has 0 aliphatic carbocycles. The number of hydrazone groups is 1. The van der Waals surface area contributed by atoms with E-state index >= 15 is 0 Å². The first kappa shape index (κ1) is 24.7. The summed E-state index contributed by atoms with van der Waals surface area (Å²) in [6, 6.07) is 18.7. The topological polar surface area (TPSA) is 106 Å². The summed E-state index contributed by atoms with van der Waals surface area (Å²) in [5, 5.41) is 6.42. The quantitative estimate of drug-likeness (QED) is 0.202. The molecular weight excluding hydrogens is 502 g/mol. The predicted molar refractivity (Wildman–Crippen MR) is 131 cm³/mol. The van der Waals surface area contributed by atoms with Crippen molar-refractivity contribution in [2.45, 2.75) is 6.92 Å². The molecule has 0 atom stereocenters. The van der Waals surface area contributed by atoms with E-state index in [2.05, 4.69) is 31.8 Å². The summed E-state index contributed by atoms with van der Waals surface area (Å²) in [7, 11) is 1.45. The maximum atomic E-state index is 12.4. The second-order valence-electron chi connectivity index (χ2n) is 7.16. The predicted octanol–water partition coefficient (Wildman–Crippen LogP) is 3.87. The van der Waals surface area contributed by atoms with Gasteiger partial charge in [0.25, 0.3) is 11.8 Å². The molecule has 34 heavy (non-hydrogen) atoms. The molecule has 0 saturated carbocycles. The smallest absolute Gasteiger partial charge is 0.343 e. The van der Waals surface area contributed by atoms with Gasteiger partial charge in [-0.3, -0.25) is 9.59 Å². The van der Waals surface area contributed by atoms with E-state index in [9.17, 15) is 14.4 Å². The molecule has 3 aromatic rings. The number of benzene rings is 3. The number of nitrogens with one attached hydrogen (secondary N) is 2. The molecule has 0 bridgehead atoms. The van der Waals surface area contributed by atoms with Gasteiger partial charge >= 0.3 is 5.97 Å². The van der Waals surface area contributed by atoms with Crippen molar-refractivity contribution in [3.05, 3.63) is 93.5 Å². The lowest BCUT2D eigenvalue weighted by molar-refractivity contribution is -0.120. The Morgan fingerprint density at radius 1 is 0.971 bits per heavy atom. The number of carbonyl (C=O) groups is 3. The van der Waals surface area contributed by atoms with E-state index in [0.29, 0.717) is 22.4 Å². The fourth-order valence-corrected chi connectivity index (χ4v) is 3.29. The van der Waals surface area contributed by atoms with Gasteiger partial charge in [-0.05, 0) is 61.0 Å². The molecule has 0 spiro atoms. The van der Waals surface area contributed by atoms with Gasteiger partial charge in [0.2, 0.25) is 0 Å². The van der Waals surface area contributed by atoms with Gasteiger partial charge in [0, 0.05) is 10.0 Å². The summed E-state index contributed by atoms with van der Waals surface area (Å²) in [6.45, 7) is 1.66. The lowest BCUT2D eigenvalue weighted by atomic mass is 10.1. The fraction of sp³-hybridized carbons (Fsp3) is 0.120. The van der Waals surface area contributed by atoms with Crippen LogP contribution in [-0.4, -0.2) is 37.7 Å². The summed E-state index contributed by atoms with van der Waals surface area (Å²) in [5.74, 6) is -0.790. The first-order chi connectivity index (χ1) is 16.4. The SMILES string of the molecule is COc1cc(C=NNC(=O)CNC(=O)c2cccc(C)c2)ccc1OC(=O)c1cccc(Br)c1. The molecule has 3 aromatic carbocycles. The summed E-state index contributed by atoms with van der Waals surface area (Å²) in [6.07, 6.45) is 1.41. The van der Waals surface area contributed by atoms with Gasteiger partial charge in [0.15, 0.2) is 11.5 Å². The van der Waals surface area contributed by atoms with Crippen LogP contribution in [0.4, 0.5) is 0 Å². The number of ether oxygens (including phenoxy) is 2. The molecule has 0 unspecified atom stereocenters. The number of esters is 1. The average molecular weight is 524 g/mol. The largest absolute Gasteiger partial charge is 0.493 e. The van der Waals surface area contributed by atoms with Crippen LogP contribution in [0.2, 0.25) is 0 Å². The van der Waals surface area contributed by atoms with E-state index in [-0.39, 0.29) is 18.2 Å². The third-order valence-corrected chi connectivity index (χ3v) is 5.04. The zero-order chi connectivity index (χ0) is 24.5. The third kappa shape index (κ3) is 7.01. The number of aryl methyl sites for hydroxylation is 1. The Labute approximate surface area is 205 Å². The summed E-state index contributed by atoms with van der Waals surface area (Å²) >= 11 is 3.32. The van der Waals surface area contributed by atoms with Crippen molar-refractivity contribution in [2.24, 2.45) is 5.10 Å². The Morgan fingerprint density at radius 2 is 1.74 bits per heavy atom. The highest BCUT2D eigenvalue weighted by Gasteiger charge is 2.13. The van der Waals surface area contributed by atoms with E-state index in [4.69, 9.17) is 9.47 Å². The highest BCUT2D eigenvalue weighted by Crippen LogP contribution is 2.28. The van der Waals surface area contributed by atoms with Gasteiger partial charge in [-0.2, -0.15) is 5.10 Å². The number of nitrogens with zero attached hydrogens (tertiary/aromatic N) is 1. The number of hydrogen-bond acceptors (Lipinski definition) is 6. The molecule has 3 rings (SSSR count). The van der Waals surface area contributed by atoms with Crippen molar-refractivity contribution in [3.8, 4) is 11.5 Å². The van der Waals surface area contributed by atoms with Crippen LogP contribution in [0.25, 0.3) is 0 Å². The lowest BCUT2D eigenvalue weighted by Gasteiger charge is -2.10. The monoisotopic (exact) mass is 523 g/mol. The Kier molecular flexibility index (Phi) is 8.53. The zero-order valence-corrected chi connectivity index (χ0v) is 20.1. The molecule has 0 saturated heterocycles. The number of halogens is 1. The molecule has 2 N–H and O–H groups in total. The number of methoxy groups -OCH3 is 1. The summed E-state index contributed by atoms with van der Waals surface area (Å²) < 4.78 is 11.5. The van der Waals surface area contributed by atoms with Crippen molar-refractivity contribution in [2.75, 3.05) is 13.7 Å². The normalized spacial score (nSPS) is 10.6. The second kappa shape index (κ2) is 11.8. The fourth-order valence-electron chi connectivity index (χ4n) is 2.89. The maximum absolute atomic E-state index is 12.4. The third-order valence-electron chi connectivity index (χ3n) is 4.54. The molecule has 2 amide bonds. The summed E-state index contributed by atoms with van der Waals surface area (Å²) in [5.41, 5.74) is 4.76. The van der Waals surface area contributed by atoms with Crippen molar-refractivity contribution in [3.63, 3.8) is 0 Å². The molecule has 8 nitrogen and oxygen atoms in total. The molecule has 0 heterocycles. The molecule has 9 heteroatoms. The Hall–Kier alpha value is -3.98. The van der Waals surface area contributed by atoms with Crippen LogP contribution in [0.3, 0.4) is 0 Å². The van der Waals surface area contributed by atoms with Gasteiger partial charge in [-0.25, -0.2) is 10.2 Å². The minimum Gasteiger partial charge on any atom is -0.493 e. The molecule has 0 aromatic heterocycles. The van der Waals surface area contributed by atoms with Crippen molar-refractivity contribution in [1.82, 2.24) is 10.7 Å². The van der Waals surface area contributed by atoms with Gasteiger partial charge in [-0.15, -0.1) is 0 Å². The van der Waals surface area contributed by atoms with Crippen LogP contribution < -0.4 is 20.2 Å². The van der Waals surface area contributed by atoms with Crippen molar-refractivity contribution in [1.29, 1.82) is 0 Å². The van der Waals surface area contributed by atoms with Crippen LogP contribution in [0, 0.1) is 6.92 Å². The lowest BCUT2D eigenvalue weighted by Crippen LogP contribution is -2.34. The van der Waals surface area contributed by atoms with Gasteiger partial charge in [-0.1, -0.05) is 39.7 Å². The minimum absolute atomic E-state index is 0.224. The van der Waals surface area contributed by atoms with Gasteiger partial charge < -0.3 is 14.8 Å². The molecule has 0 radical (unpaired) electrons. The standard InChI is InChI=1S/C25H22BrN3O5/c1-16-5-3-6-18(11-16)24(31)27-15-23(30)29-28-14-17-9-10-21(22(12-17)33-2)34-25(32)19-7-4-8-20(26)13-19/h3-14H,15H2,1-2H3,(H,27,31)(H,29,30). The molecule has 0 fully saturated rings. The number of rotatable bonds is 8. The average Bonchev–Trinajstić information content (AvgIpc) is 2.83. The van der Waals surface area contributed by atoms with E-state index in [0.717, 1.165) is 10.0 Å².